The van der Waals surface area contributed by atoms with E-state index < -0.39 is 19.0 Å². The summed E-state index contributed by atoms with van der Waals surface area (Å²) in [4.78, 5) is 48.6. The van der Waals surface area contributed by atoms with Crippen molar-refractivity contribution in [1.29, 1.82) is 0 Å². The summed E-state index contributed by atoms with van der Waals surface area (Å²) in [5.74, 6) is 0.306. The zero-order valence-electron chi connectivity index (χ0n) is 34.2. The highest BCUT2D eigenvalue weighted by atomic mass is 16.7. The highest BCUT2D eigenvalue weighted by Crippen LogP contribution is 2.16. The van der Waals surface area contributed by atoms with E-state index in [-0.39, 0.29) is 6.03 Å². The van der Waals surface area contributed by atoms with Gasteiger partial charge in [0.15, 0.2) is 24.8 Å². The second kappa shape index (κ2) is 22.9. The smallest absolute Gasteiger partial charge is 0.410 e. The van der Waals surface area contributed by atoms with E-state index in [2.05, 4.69) is 113 Å². The van der Waals surface area contributed by atoms with E-state index in [0.29, 0.717) is 44.8 Å². The summed E-state index contributed by atoms with van der Waals surface area (Å²) < 4.78 is 18.9. The van der Waals surface area contributed by atoms with Crippen LogP contribution in [0.5, 0.6) is 0 Å². The number of carbonyl (C=O) groups excluding carboxylic acids is 4. The summed E-state index contributed by atoms with van der Waals surface area (Å²) in [5, 5.41) is 11.2. The first kappa shape index (κ1) is 42.7. The van der Waals surface area contributed by atoms with Gasteiger partial charge in [-0.1, -0.05) is 32.1 Å². The van der Waals surface area contributed by atoms with Gasteiger partial charge in [0.05, 0.1) is 6.54 Å². The number of nitrogens with zero attached hydrogens (tertiary/aromatic N) is 4. The van der Waals surface area contributed by atoms with Gasteiger partial charge in [0, 0.05) is 80.0 Å². The Labute approximate surface area is 347 Å². The van der Waals surface area contributed by atoms with Crippen LogP contribution in [-0.4, -0.2) is 50.4 Å². The fourth-order valence-corrected chi connectivity index (χ4v) is 7.57. The third-order valence-corrected chi connectivity index (χ3v) is 10.8. The largest absolute Gasteiger partial charge is 0.412 e. The van der Waals surface area contributed by atoms with E-state index in [0.717, 1.165) is 96.0 Å². The lowest BCUT2D eigenvalue weighted by atomic mass is 10.0. The van der Waals surface area contributed by atoms with Gasteiger partial charge >= 0.3 is 18.2 Å². The van der Waals surface area contributed by atoms with Crippen LogP contribution in [0, 0.1) is 0 Å². The van der Waals surface area contributed by atoms with Crippen LogP contribution < -0.4 is 39.5 Å². The summed E-state index contributed by atoms with van der Waals surface area (Å²) in [6, 6.07) is 20.8. The van der Waals surface area contributed by atoms with Gasteiger partial charge < -0.3 is 30.7 Å². The second-order valence-electron chi connectivity index (χ2n) is 15.2. The van der Waals surface area contributed by atoms with Crippen molar-refractivity contribution in [1.82, 2.24) is 21.3 Å². The first-order valence-corrected chi connectivity index (χ1v) is 21.3. The molecule has 6 heterocycles. The molecule has 4 aromatic heterocycles. The molecule has 4 amide bonds. The van der Waals surface area contributed by atoms with Crippen LogP contribution in [0.15, 0.2) is 85.5 Å². The Kier molecular flexibility index (Phi) is 16.5. The lowest BCUT2D eigenvalue weighted by molar-refractivity contribution is -0.795. The number of aryl methyl sites for hydroxylation is 5. The molecule has 14 nitrogen and oxygen atoms in total. The zero-order chi connectivity index (χ0) is 41.1. The van der Waals surface area contributed by atoms with E-state index in [1.54, 1.807) is 0 Å². The standard InChI is InChI=1S/C45H57N8O6/c54-38(20-17-36-18-21-41-39-15-7-12-26-50(39)28-30-52(41)33-36)14-6-2-1-3-10-24-47-44(56)58-35-59-45(57)48-25-11-5-4-9-23-46-43(55)49-32-37-19-22-42-40-16-8-13-27-51(40)29-31-53(42)34-37/h7-8,12-13,15-16,18-19,21-22,26-27,33-34H,1-6,9-11,14,17,20,23-25,28-32,35H2,(H-3,46,47,48,49,55,56,57)/q+1/p+3. The number of urea groups is 1. The van der Waals surface area contributed by atoms with Crippen molar-refractivity contribution in [2.24, 2.45) is 0 Å². The van der Waals surface area contributed by atoms with Crippen molar-refractivity contribution in [3.05, 3.63) is 96.6 Å². The predicted octanol–water partition coefficient (Wildman–Crippen LogP) is 4.51. The Bertz CT molecular complexity index is 1900. The minimum absolute atomic E-state index is 0.190. The molecule has 14 heteroatoms. The van der Waals surface area contributed by atoms with Crippen LogP contribution in [0.2, 0.25) is 0 Å². The van der Waals surface area contributed by atoms with Gasteiger partial charge in [0.2, 0.25) is 33.0 Å². The molecular formula is C45H60N8O6+4. The number of aromatic nitrogens is 4. The van der Waals surface area contributed by atoms with Crippen LogP contribution in [0.25, 0.3) is 22.8 Å². The minimum atomic E-state index is -0.640. The number of hydrogen-bond donors (Lipinski definition) is 4. The molecule has 312 valence electrons. The third-order valence-electron chi connectivity index (χ3n) is 10.8. The van der Waals surface area contributed by atoms with Crippen LogP contribution in [0.3, 0.4) is 0 Å². The van der Waals surface area contributed by atoms with Crippen LogP contribution in [0.4, 0.5) is 14.4 Å². The molecule has 0 spiro atoms. The fourth-order valence-electron chi connectivity index (χ4n) is 7.57. The fraction of sp³-hybridized carbons (Fsp3) is 0.467. The molecule has 0 fully saturated rings. The van der Waals surface area contributed by atoms with E-state index in [9.17, 15) is 19.2 Å². The molecule has 0 aliphatic carbocycles. The minimum Gasteiger partial charge on any atom is -0.412 e. The molecule has 4 aromatic rings. The Morgan fingerprint density at radius 3 is 1.59 bits per heavy atom. The molecule has 2 aliphatic rings. The number of unbranched alkanes of at least 4 members (excludes halogenated alkanes) is 7. The van der Waals surface area contributed by atoms with E-state index in [4.69, 9.17) is 9.47 Å². The normalized spacial score (nSPS) is 12.2. The maximum absolute atomic E-state index is 12.5. The molecule has 0 aromatic carbocycles. The van der Waals surface area contributed by atoms with Crippen molar-refractivity contribution < 1.29 is 46.9 Å². The quantitative estimate of drug-likeness (QED) is 0.0522. The Hall–Kier alpha value is -5.92. The first-order valence-electron chi connectivity index (χ1n) is 21.3. The predicted molar refractivity (Wildman–Crippen MR) is 218 cm³/mol. The summed E-state index contributed by atoms with van der Waals surface area (Å²) in [5.41, 5.74) is 7.03. The van der Waals surface area contributed by atoms with Crippen LogP contribution in [0.1, 0.15) is 81.8 Å². The number of alkyl carbamates (subject to hydrolysis) is 2. The molecule has 4 N–H and O–H groups in total. The van der Waals surface area contributed by atoms with E-state index >= 15 is 0 Å². The number of pyridine rings is 4. The highest BCUT2D eigenvalue weighted by molar-refractivity contribution is 5.78. The number of ketones is 1. The number of Topliss-reactive ketones (excluding diaryl/α,β-unsaturated/α-hetero) is 1. The topological polar surface area (TPSA) is 150 Å². The Morgan fingerprint density at radius 1 is 0.492 bits per heavy atom. The molecule has 0 atom stereocenters. The second-order valence-corrected chi connectivity index (χ2v) is 15.2. The van der Waals surface area contributed by atoms with E-state index in [1.165, 1.54) is 28.3 Å². The van der Waals surface area contributed by atoms with Gasteiger partial charge in [0.1, 0.15) is 5.78 Å². The SMILES string of the molecule is O=C(CCCCCCCNC(=O)OCOC(=O)NCCCCCCNC(=O)NCc1ccc2[n+](c1)CC[n+]1ccccc1-2)CCc1ccc2[n+](c1)CC[n+]1ccccc1-2. The monoisotopic (exact) mass is 808 g/mol. The average Bonchev–Trinajstić information content (AvgIpc) is 3.26. The lowest BCUT2D eigenvalue weighted by Crippen LogP contribution is -2.53. The molecule has 0 bridgehead atoms. The number of amides is 4. The highest BCUT2D eigenvalue weighted by Gasteiger charge is 2.30. The van der Waals surface area contributed by atoms with Gasteiger partial charge in [0.25, 0.3) is 22.8 Å². The number of carbonyl (C=O) groups is 4. The lowest BCUT2D eigenvalue weighted by Gasteiger charge is -2.11. The molecule has 0 saturated heterocycles. The molecule has 2 aliphatic heterocycles. The summed E-state index contributed by atoms with van der Waals surface area (Å²) in [6.45, 7) is 5.18. The maximum atomic E-state index is 12.5. The Morgan fingerprint density at radius 2 is 0.983 bits per heavy atom. The number of nitrogens with one attached hydrogen (secondary N) is 4. The number of fused-ring (bicyclic) bond motifs is 6. The van der Waals surface area contributed by atoms with Gasteiger partial charge in [-0.15, -0.1) is 0 Å². The maximum Gasteiger partial charge on any atom is 0.410 e. The molecule has 0 unspecified atom stereocenters. The molecule has 59 heavy (non-hydrogen) atoms. The molecule has 6 rings (SSSR count). The number of hydrogen-bond acceptors (Lipinski definition) is 6. The average molecular weight is 809 g/mol. The third kappa shape index (κ3) is 13.6. The van der Waals surface area contributed by atoms with Gasteiger partial charge in [-0.05, 0) is 56.4 Å². The van der Waals surface area contributed by atoms with E-state index in [1.807, 2.05) is 12.1 Å². The summed E-state index contributed by atoms with van der Waals surface area (Å²) in [6.07, 6.45) is 17.2. The number of ether oxygens (including phenoxy) is 2. The van der Waals surface area contributed by atoms with Gasteiger partial charge in [-0.2, -0.15) is 18.3 Å². The number of rotatable bonds is 22. The van der Waals surface area contributed by atoms with Gasteiger partial charge in [-0.25, -0.2) is 14.4 Å². The summed E-state index contributed by atoms with van der Waals surface area (Å²) in [7, 11) is 0. The van der Waals surface area contributed by atoms with Crippen molar-refractivity contribution in [3.63, 3.8) is 0 Å². The molecular weight excluding hydrogens is 749 g/mol. The summed E-state index contributed by atoms with van der Waals surface area (Å²) >= 11 is 0. The van der Waals surface area contributed by atoms with Gasteiger partial charge in [-0.3, -0.25) is 4.79 Å². The Balaban J connectivity index is 0.685. The zero-order valence-corrected chi connectivity index (χ0v) is 34.2. The van der Waals surface area contributed by atoms with Crippen LogP contribution >= 0.6 is 0 Å². The molecule has 0 saturated carbocycles. The van der Waals surface area contributed by atoms with Crippen LogP contribution in [-0.2, 0) is 53.4 Å². The first-order chi connectivity index (χ1) is 28.9. The van der Waals surface area contributed by atoms with Crippen molar-refractivity contribution in [3.8, 4) is 22.8 Å². The van der Waals surface area contributed by atoms with Crippen molar-refractivity contribution in [2.45, 2.75) is 110 Å². The van der Waals surface area contributed by atoms with Crippen molar-refractivity contribution >= 4 is 24.0 Å². The molecule has 0 radical (unpaired) electrons. The van der Waals surface area contributed by atoms with Crippen molar-refractivity contribution in [2.75, 3.05) is 26.4 Å².